The van der Waals surface area contributed by atoms with E-state index in [1.807, 2.05) is 36.4 Å². The van der Waals surface area contributed by atoms with E-state index in [0.29, 0.717) is 45.0 Å². The van der Waals surface area contributed by atoms with Gasteiger partial charge in [-0.3, -0.25) is 9.69 Å². The molecule has 1 aromatic heterocycles. The highest BCUT2D eigenvalue weighted by Gasteiger charge is 2.26. The third kappa shape index (κ3) is 4.22. The number of carbonyl (C=O) groups is 1. The first kappa shape index (κ1) is 21.9. The molecular formula is C24H21ClN2O4S. The second-order valence-electron chi connectivity index (χ2n) is 6.87. The molecule has 0 spiro atoms. The number of hydrogen-bond donors (Lipinski definition) is 0. The van der Waals surface area contributed by atoms with Gasteiger partial charge < -0.3 is 14.2 Å². The van der Waals surface area contributed by atoms with Crippen LogP contribution in [-0.2, 0) is 6.54 Å². The maximum absolute atomic E-state index is 13.8. The van der Waals surface area contributed by atoms with E-state index in [9.17, 15) is 4.79 Å². The Labute approximate surface area is 194 Å². The minimum absolute atomic E-state index is 0.273. The van der Waals surface area contributed by atoms with Crippen LogP contribution in [-0.4, -0.2) is 32.2 Å². The first-order chi connectivity index (χ1) is 15.5. The van der Waals surface area contributed by atoms with E-state index in [0.717, 1.165) is 10.3 Å². The zero-order valence-corrected chi connectivity index (χ0v) is 19.4. The summed E-state index contributed by atoms with van der Waals surface area (Å²) in [4.78, 5) is 20.1. The van der Waals surface area contributed by atoms with Gasteiger partial charge in [-0.15, -0.1) is 0 Å². The Morgan fingerprint density at radius 2 is 1.59 bits per heavy atom. The van der Waals surface area contributed by atoms with Gasteiger partial charge in [0, 0.05) is 5.02 Å². The number of carbonyl (C=O) groups excluding carboxylic acids is 1. The highest BCUT2D eigenvalue weighted by atomic mass is 35.5. The standard InChI is InChI=1S/C24H21ClN2O4S/c1-29-18-10-9-16(25)13-17(18)23(28)27(14-15-7-5-4-6-8-15)24-26-21-19(30-2)11-12-20(31-3)22(21)32-24/h4-13H,14H2,1-3H3. The van der Waals surface area contributed by atoms with Gasteiger partial charge in [0.1, 0.15) is 27.5 Å². The number of methoxy groups -OCH3 is 3. The molecule has 164 valence electrons. The van der Waals surface area contributed by atoms with Crippen molar-refractivity contribution >= 4 is 44.2 Å². The summed E-state index contributed by atoms with van der Waals surface area (Å²) in [6.45, 7) is 0.319. The van der Waals surface area contributed by atoms with Crippen molar-refractivity contribution in [1.29, 1.82) is 0 Å². The Kier molecular flexibility index (Phi) is 6.48. The van der Waals surface area contributed by atoms with Gasteiger partial charge >= 0.3 is 0 Å². The lowest BCUT2D eigenvalue weighted by Crippen LogP contribution is -2.30. The SMILES string of the molecule is COc1ccc(Cl)cc1C(=O)N(Cc1ccccc1)c1nc2c(OC)ccc(OC)c2s1. The smallest absolute Gasteiger partial charge is 0.264 e. The van der Waals surface area contributed by atoms with Gasteiger partial charge in [-0.05, 0) is 35.9 Å². The molecule has 8 heteroatoms. The average Bonchev–Trinajstić information content (AvgIpc) is 3.27. The van der Waals surface area contributed by atoms with Gasteiger partial charge in [0.05, 0.1) is 33.4 Å². The van der Waals surface area contributed by atoms with Crippen LogP contribution in [0, 0.1) is 0 Å². The van der Waals surface area contributed by atoms with Crippen molar-refractivity contribution in [2.75, 3.05) is 26.2 Å². The number of amides is 1. The van der Waals surface area contributed by atoms with E-state index < -0.39 is 0 Å². The summed E-state index contributed by atoms with van der Waals surface area (Å²) in [7, 11) is 4.71. The van der Waals surface area contributed by atoms with Gasteiger partial charge in [-0.25, -0.2) is 4.98 Å². The van der Waals surface area contributed by atoms with E-state index in [4.69, 9.17) is 30.8 Å². The summed E-state index contributed by atoms with van der Waals surface area (Å²) in [5.41, 5.74) is 1.95. The van der Waals surface area contributed by atoms with Crippen molar-refractivity contribution in [3.05, 3.63) is 76.8 Å². The molecule has 32 heavy (non-hydrogen) atoms. The molecule has 3 aromatic carbocycles. The number of halogens is 1. The molecule has 0 aliphatic carbocycles. The summed E-state index contributed by atoms with van der Waals surface area (Å²) in [6, 6.07) is 18.3. The fourth-order valence-corrected chi connectivity index (χ4v) is 4.62. The normalized spacial score (nSPS) is 10.8. The number of nitrogens with zero attached hydrogens (tertiary/aromatic N) is 2. The van der Waals surface area contributed by atoms with Crippen LogP contribution in [0.3, 0.4) is 0 Å². The Balaban J connectivity index is 1.87. The number of rotatable bonds is 7. The molecule has 0 atom stereocenters. The van der Waals surface area contributed by atoms with Crippen LogP contribution in [0.2, 0.25) is 5.02 Å². The Bertz CT molecular complexity index is 1220. The Morgan fingerprint density at radius 1 is 0.938 bits per heavy atom. The highest BCUT2D eigenvalue weighted by Crippen LogP contribution is 2.41. The highest BCUT2D eigenvalue weighted by molar-refractivity contribution is 7.22. The van der Waals surface area contributed by atoms with Crippen LogP contribution in [0.5, 0.6) is 17.2 Å². The molecule has 0 aliphatic rings. The molecule has 0 unspecified atom stereocenters. The van der Waals surface area contributed by atoms with Crippen LogP contribution in [0.4, 0.5) is 5.13 Å². The molecule has 1 heterocycles. The van der Waals surface area contributed by atoms with Gasteiger partial charge in [0.2, 0.25) is 0 Å². The molecule has 4 aromatic rings. The van der Waals surface area contributed by atoms with Crippen LogP contribution >= 0.6 is 22.9 Å². The lowest BCUT2D eigenvalue weighted by Gasteiger charge is -2.21. The summed E-state index contributed by atoms with van der Waals surface area (Å²) in [5.74, 6) is 1.44. The summed E-state index contributed by atoms with van der Waals surface area (Å²) in [5, 5.41) is 0.958. The average molecular weight is 469 g/mol. The first-order valence-electron chi connectivity index (χ1n) is 9.76. The number of thiazole rings is 1. The number of anilines is 1. The van der Waals surface area contributed by atoms with Gasteiger partial charge in [0.25, 0.3) is 5.91 Å². The predicted molar refractivity (Wildman–Crippen MR) is 128 cm³/mol. The first-order valence-corrected chi connectivity index (χ1v) is 11.0. The lowest BCUT2D eigenvalue weighted by molar-refractivity contribution is 0.0982. The molecule has 0 fully saturated rings. The van der Waals surface area contributed by atoms with Crippen LogP contribution < -0.4 is 19.1 Å². The molecular weight excluding hydrogens is 448 g/mol. The van der Waals surface area contributed by atoms with Crippen LogP contribution in [0.25, 0.3) is 10.2 Å². The fourth-order valence-electron chi connectivity index (χ4n) is 3.37. The zero-order valence-electron chi connectivity index (χ0n) is 17.8. The fraction of sp³-hybridized carbons (Fsp3) is 0.167. The number of ether oxygens (including phenoxy) is 3. The summed E-state index contributed by atoms with van der Waals surface area (Å²) >= 11 is 7.56. The topological polar surface area (TPSA) is 60.9 Å². The molecule has 6 nitrogen and oxygen atoms in total. The predicted octanol–water partition coefficient (Wildman–Crippen LogP) is 5.82. The van der Waals surface area contributed by atoms with E-state index in [1.54, 1.807) is 43.4 Å². The van der Waals surface area contributed by atoms with Crippen molar-refractivity contribution in [3.8, 4) is 17.2 Å². The second-order valence-corrected chi connectivity index (χ2v) is 8.28. The minimum atomic E-state index is -0.273. The largest absolute Gasteiger partial charge is 0.496 e. The number of hydrogen-bond acceptors (Lipinski definition) is 6. The van der Waals surface area contributed by atoms with E-state index in [-0.39, 0.29) is 5.91 Å². The maximum atomic E-state index is 13.8. The third-order valence-electron chi connectivity index (χ3n) is 4.95. The van der Waals surface area contributed by atoms with Crippen molar-refractivity contribution in [2.45, 2.75) is 6.54 Å². The molecule has 0 N–H and O–H groups in total. The second kappa shape index (κ2) is 9.46. The zero-order chi connectivity index (χ0) is 22.7. The molecule has 0 bridgehead atoms. The molecule has 0 saturated heterocycles. The van der Waals surface area contributed by atoms with E-state index in [1.165, 1.54) is 18.4 Å². The van der Waals surface area contributed by atoms with Crippen molar-refractivity contribution in [3.63, 3.8) is 0 Å². The van der Waals surface area contributed by atoms with E-state index >= 15 is 0 Å². The van der Waals surface area contributed by atoms with Crippen LogP contribution in [0.15, 0.2) is 60.7 Å². The lowest BCUT2D eigenvalue weighted by atomic mass is 10.1. The molecule has 4 rings (SSSR count). The molecule has 0 saturated carbocycles. The monoisotopic (exact) mass is 468 g/mol. The number of aromatic nitrogens is 1. The molecule has 0 radical (unpaired) electrons. The number of benzene rings is 3. The van der Waals surface area contributed by atoms with Crippen molar-refractivity contribution < 1.29 is 19.0 Å². The molecule has 0 aliphatic heterocycles. The van der Waals surface area contributed by atoms with Crippen molar-refractivity contribution in [2.24, 2.45) is 0 Å². The van der Waals surface area contributed by atoms with Gasteiger partial charge in [-0.2, -0.15) is 0 Å². The number of fused-ring (bicyclic) bond motifs is 1. The third-order valence-corrected chi connectivity index (χ3v) is 6.28. The Morgan fingerprint density at radius 3 is 2.28 bits per heavy atom. The maximum Gasteiger partial charge on any atom is 0.264 e. The molecule has 1 amide bonds. The van der Waals surface area contributed by atoms with Gasteiger partial charge in [-0.1, -0.05) is 53.3 Å². The quantitative estimate of drug-likeness (QED) is 0.342. The van der Waals surface area contributed by atoms with E-state index in [2.05, 4.69) is 0 Å². The Hall–Kier alpha value is -3.29. The minimum Gasteiger partial charge on any atom is -0.496 e. The van der Waals surface area contributed by atoms with Gasteiger partial charge in [0.15, 0.2) is 5.13 Å². The van der Waals surface area contributed by atoms with Crippen molar-refractivity contribution in [1.82, 2.24) is 4.98 Å². The van der Waals surface area contributed by atoms with Crippen LogP contribution in [0.1, 0.15) is 15.9 Å². The summed E-state index contributed by atoms with van der Waals surface area (Å²) < 4.78 is 17.2. The summed E-state index contributed by atoms with van der Waals surface area (Å²) in [6.07, 6.45) is 0.